The van der Waals surface area contributed by atoms with Gasteiger partial charge in [-0.15, -0.1) is 0 Å². The van der Waals surface area contributed by atoms with Crippen molar-refractivity contribution in [3.8, 4) is 5.75 Å². The molecule has 0 saturated carbocycles. The predicted molar refractivity (Wildman–Crippen MR) is 70.6 cm³/mol. The van der Waals surface area contributed by atoms with Crippen molar-refractivity contribution in [1.29, 1.82) is 0 Å². The summed E-state index contributed by atoms with van der Waals surface area (Å²) in [5, 5.41) is 11.8. The number of carboxylic acids is 1. The van der Waals surface area contributed by atoms with Crippen molar-refractivity contribution in [3.05, 3.63) is 47.7 Å². The number of benzene rings is 1. The van der Waals surface area contributed by atoms with Crippen LogP contribution in [0.15, 0.2) is 34.9 Å². The largest absolute Gasteiger partial charge is 0.492 e. The average Bonchev–Trinajstić information content (AvgIpc) is 2.87. The van der Waals surface area contributed by atoms with Gasteiger partial charge in [-0.2, -0.15) is 0 Å². The molecule has 0 aliphatic rings. The molecule has 0 fully saturated rings. The summed E-state index contributed by atoms with van der Waals surface area (Å²) in [7, 11) is 0. The van der Waals surface area contributed by atoms with E-state index in [1.54, 1.807) is 13.0 Å². The topological polar surface area (TPSA) is 71.7 Å². The number of halogens is 1. The molecule has 2 aromatic rings. The molecule has 1 heterocycles. The van der Waals surface area contributed by atoms with Crippen molar-refractivity contribution in [2.75, 3.05) is 11.9 Å². The molecule has 0 aliphatic carbocycles. The number of hydrogen-bond acceptors (Lipinski definition) is 4. The Kier molecular flexibility index (Phi) is 4.24. The molecule has 6 heteroatoms. The van der Waals surface area contributed by atoms with E-state index in [4.69, 9.17) is 14.3 Å². The summed E-state index contributed by atoms with van der Waals surface area (Å²) in [6, 6.07) is 5.59. The summed E-state index contributed by atoms with van der Waals surface area (Å²) in [6.45, 7) is 2.50. The van der Waals surface area contributed by atoms with Crippen LogP contribution >= 0.6 is 0 Å². The number of carboxylic acid groups (broad SMARTS) is 1. The number of carbonyl (C=O) groups is 1. The summed E-state index contributed by atoms with van der Waals surface area (Å²) in [4.78, 5) is 10.7. The van der Waals surface area contributed by atoms with Gasteiger partial charge in [0, 0.05) is 6.07 Å². The number of furan rings is 1. The fraction of sp³-hybridized carbons (Fsp3) is 0.214. The van der Waals surface area contributed by atoms with Crippen molar-refractivity contribution in [2.45, 2.75) is 13.5 Å². The van der Waals surface area contributed by atoms with Gasteiger partial charge in [-0.3, -0.25) is 0 Å². The van der Waals surface area contributed by atoms with Crippen molar-refractivity contribution < 1.29 is 23.4 Å². The van der Waals surface area contributed by atoms with Crippen LogP contribution in [0.2, 0.25) is 0 Å². The normalized spacial score (nSPS) is 10.3. The molecule has 20 heavy (non-hydrogen) atoms. The molecule has 106 valence electrons. The number of ether oxygens (including phenoxy) is 1. The Morgan fingerprint density at radius 1 is 1.45 bits per heavy atom. The molecule has 1 aromatic carbocycles. The van der Waals surface area contributed by atoms with Crippen LogP contribution in [0.3, 0.4) is 0 Å². The zero-order valence-electron chi connectivity index (χ0n) is 10.9. The first-order chi connectivity index (χ1) is 9.60. The monoisotopic (exact) mass is 279 g/mol. The van der Waals surface area contributed by atoms with Gasteiger partial charge in [0.25, 0.3) is 0 Å². The maximum Gasteiger partial charge on any atom is 0.338 e. The highest BCUT2D eigenvalue weighted by atomic mass is 19.1. The van der Waals surface area contributed by atoms with Crippen molar-refractivity contribution in [1.82, 2.24) is 0 Å². The van der Waals surface area contributed by atoms with Gasteiger partial charge in [0.05, 0.1) is 24.4 Å². The van der Waals surface area contributed by atoms with E-state index >= 15 is 0 Å². The Bertz CT molecular complexity index is 609. The van der Waals surface area contributed by atoms with Gasteiger partial charge < -0.3 is 19.6 Å². The molecule has 0 unspecified atom stereocenters. The third kappa shape index (κ3) is 3.28. The summed E-state index contributed by atoms with van der Waals surface area (Å²) in [5.41, 5.74) is 0.701. The second-order valence-corrected chi connectivity index (χ2v) is 4.03. The number of rotatable bonds is 6. The summed E-state index contributed by atoms with van der Waals surface area (Å²) < 4.78 is 23.6. The zero-order chi connectivity index (χ0) is 14.5. The van der Waals surface area contributed by atoms with E-state index in [2.05, 4.69) is 5.32 Å². The molecular formula is C14H14FNO4. The van der Waals surface area contributed by atoms with Gasteiger partial charge in [0.15, 0.2) is 0 Å². The minimum Gasteiger partial charge on any atom is -0.492 e. The van der Waals surface area contributed by atoms with Crippen LogP contribution in [0.1, 0.15) is 23.0 Å². The summed E-state index contributed by atoms with van der Waals surface area (Å²) in [6.07, 6.45) is 1.17. The van der Waals surface area contributed by atoms with E-state index < -0.39 is 5.97 Å². The summed E-state index contributed by atoms with van der Waals surface area (Å²) >= 11 is 0. The quantitative estimate of drug-likeness (QED) is 0.850. The molecule has 1 aromatic heterocycles. The second-order valence-electron chi connectivity index (χ2n) is 4.03. The molecule has 2 N–H and O–H groups in total. The molecule has 2 rings (SSSR count). The Morgan fingerprint density at radius 2 is 2.25 bits per heavy atom. The molecule has 0 atom stereocenters. The smallest absolute Gasteiger partial charge is 0.338 e. The van der Waals surface area contributed by atoms with E-state index in [-0.39, 0.29) is 17.9 Å². The Labute approximate surface area is 115 Å². The van der Waals surface area contributed by atoms with Crippen LogP contribution in [0.5, 0.6) is 5.75 Å². The van der Waals surface area contributed by atoms with Gasteiger partial charge in [-0.25, -0.2) is 9.18 Å². The lowest BCUT2D eigenvalue weighted by Crippen LogP contribution is -2.02. The standard InChI is InChI=1S/C14H14FNO4/c1-2-19-13-6-10(15)3-4-12(13)16-7-11-5-9(8-20-11)14(17)18/h3-6,8,16H,2,7H2,1H3,(H,17,18). The van der Waals surface area contributed by atoms with Crippen LogP contribution < -0.4 is 10.1 Å². The van der Waals surface area contributed by atoms with Crippen LogP contribution in [0.4, 0.5) is 10.1 Å². The van der Waals surface area contributed by atoms with Crippen LogP contribution in [-0.4, -0.2) is 17.7 Å². The Balaban J connectivity index is 2.07. The third-order valence-corrected chi connectivity index (χ3v) is 2.60. The number of anilines is 1. The third-order valence-electron chi connectivity index (χ3n) is 2.60. The predicted octanol–water partition coefficient (Wildman–Crippen LogP) is 3.13. The van der Waals surface area contributed by atoms with Gasteiger partial charge >= 0.3 is 5.97 Å². The number of aromatic carboxylic acids is 1. The first-order valence-electron chi connectivity index (χ1n) is 6.07. The molecule has 5 nitrogen and oxygen atoms in total. The maximum atomic E-state index is 13.1. The van der Waals surface area contributed by atoms with E-state index in [1.807, 2.05) is 0 Å². The minimum absolute atomic E-state index is 0.0888. The molecule has 0 amide bonds. The van der Waals surface area contributed by atoms with Gasteiger partial charge in [-0.05, 0) is 25.1 Å². The Hall–Kier alpha value is -2.50. The van der Waals surface area contributed by atoms with Crippen molar-refractivity contribution in [2.24, 2.45) is 0 Å². The Morgan fingerprint density at radius 3 is 2.90 bits per heavy atom. The number of nitrogens with one attached hydrogen (secondary N) is 1. The lowest BCUT2D eigenvalue weighted by Gasteiger charge is -2.11. The zero-order valence-corrected chi connectivity index (χ0v) is 10.9. The van der Waals surface area contributed by atoms with Crippen molar-refractivity contribution in [3.63, 3.8) is 0 Å². The molecule has 0 saturated heterocycles. The first kappa shape index (κ1) is 13.9. The average molecular weight is 279 g/mol. The lowest BCUT2D eigenvalue weighted by molar-refractivity contribution is 0.0696. The van der Waals surface area contributed by atoms with Gasteiger partial charge in [0.1, 0.15) is 23.6 Å². The fourth-order valence-corrected chi connectivity index (χ4v) is 1.68. The van der Waals surface area contributed by atoms with Gasteiger partial charge in [-0.1, -0.05) is 0 Å². The van der Waals surface area contributed by atoms with E-state index in [1.165, 1.54) is 24.5 Å². The molecule has 0 bridgehead atoms. The maximum absolute atomic E-state index is 13.1. The van der Waals surface area contributed by atoms with Gasteiger partial charge in [0.2, 0.25) is 0 Å². The summed E-state index contributed by atoms with van der Waals surface area (Å²) in [5.74, 6) is -0.561. The molecule has 0 radical (unpaired) electrons. The van der Waals surface area contributed by atoms with Crippen LogP contribution in [-0.2, 0) is 6.54 Å². The van der Waals surface area contributed by atoms with Crippen LogP contribution in [0, 0.1) is 5.82 Å². The highest BCUT2D eigenvalue weighted by Crippen LogP contribution is 2.26. The van der Waals surface area contributed by atoms with E-state index in [0.717, 1.165) is 0 Å². The first-order valence-corrected chi connectivity index (χ1v) is 6.07. The second kappa shape index (κ2) is 6.10. The SMILES string of the molecule is CCOc1cc(F)ccc1NCc1cc(C(=O)O)co1. The van der Waals surface area contributed by atoms with E-state index in [0.29, 0.717) is 23.8 Å². The van der Waals surface area contributed by atoms with Crippen LogP contribution in [0.25, 0.3) is 0 Å². The fourth-order valence-electron chi connectivity index (χ4n) is 1.68. The number of hydrogen-bond donors (Lipinski definition) is 2. The highest BCUT2D eigenvalue weighted by molar-refractivity contribution is 5.87. The highest BCUT2D eigenvalue weighted by Gasteiger charge is 2.09. The molecular weight excluding hydrogens is 265 g/mol. The van der Waals surface area contributed by atoms with Crippen molar-refractivity contribution >= 4 is 11.7 Å². The molecule has 0 aliphatic heterocycles. The minimum atomic E-state index is -1.04. The molecule has 0 spiro atoms. The van der Waals surface area contributed by atoms with E-state index in [9.17, 15) is 9.18 Å². The lowest BCUT2D eigenvalue weighted by atomic mass is 10.2.